The fourth-order valence-electron chi connectivity index (χ4n) is 3.70. The molecule has 0 bridgehead atoms. The monoisotopic (exact) mass is 518 g/mol. The van der Waals surface area contributed by atoms with Crippen LogP contribution in [0.4, 0.5) is 0 Å². The Morgan fingerprint density at radius 2 is 1.79 bits per heavy atom. The second-order valence-corrected chi connectivity index (χ2v) is 7.76. The average Bonchev–Trinajstić information content (AvgIpc) is 2.69. The van der Waals surface area contributed by atoms with Crippen LogP contribution in [-0.2, 0) is 4.74 Å². The third kappa shape index (κ3) is 9.53. The Hall–Kier alpha value is -1.06. The number of ether oxygens (including phenoxy) is 2. The molecule has 0 saturated carbocycles. The van der Waals surface area contributed by atoms with Crippen molar-refractivity contribution in [3.63, 3.8) is 0 Å². The number of halogens is 1. The summed E-state index contributed by atoms with van der Waals surface area (Å²) >= 11 is 0. The molecule has 1 aliphatic rings. The molecule has 1 heterocycles. The van der Waals surface area contributed by atoms with Gasteiger partial charge in [-0.3, -0.25) is 9.89 Å². The maximum atomic E-state index is 5.79. The zero-order valence-corrected chi connectivity index (χ0v) is 20.9. The highest BCUT2D eigenvalue weighted by atomic mass is 127. The predicted octanol–water partition coefficient (Wildman–Crippen LogP) is 3.47. The van der Waals surface area contributed by atoms with Gasteiger partial charge in [-0.1, -0.05) is 19.1 Å². The van der Waals surface area contributed by atoms with E-state index in [2.05, 4.69) is 53.4 Å². The van der Waals surface area contributed by atoms with Gasteiger partial charge in [0, 0.05) is 39.8 Å². The standard InChI is InChI=1S/C22H38N4O2.HI/c1-17(20-7-9-21(27-5)10-8-20)11-13-25-22(23-4)24-12-6-14-26-15-18(2)28-19(3)16-26;/h7-10,17-19H,6,11-16H2,1-5H3,(H2,23,24,25);1H. The van der Waals surface area contributed by atoms with Gasteiger partial charge in [0.25, 0.3) is 0 Å². The molecule has 3 unspecified atom stereocenters. The summed E-state index contributed by atoms with van der Waals surface area (Å²) < 4.78 is 11.0. The summed E-state index contributed by atoms with van der Waals surface area (Å²) in [7, 11) is 3.52. The highest BCUT2D eigenvalue weighted by molar-refractivity contribution is 14.0. The highest BCUT2D eigenvalue weighted by Crippen LogP contribution is 2.21. The van der Waals surface area contributed by atoms with Gasteiger partial charge in [0.2, 0.25) is 0 Å². The molecule has 29 heavy (non-hydrogen) atoms. The third-order valence-corrected chi connectivity index (χ3v) is 5.22. The van der Waals surface area contributed by atoms with E-state index in [9.17, 15) is 0 Å². The van der Waals surface area contributed by atoms with Crippen LogP contribution < -0.4 is 15.4 Å². The van der Waals surface area contributed by atoms with Gasteiger partial charge in [0.1, 0.15) is 5.75 Å². The number of morpholine rings is 1. The number of hydrogen-bond acceptors (Lipinski definition) is 4. The van der Waals surface area contributed by atoms with E-state index in [1.165, 1.54) is 5.56 Å². The third-order valence-electron chi connectivity index (χ3n) is 5.22. The summed E-state index contributed by atoms with van der Waals surface area (Å²) in [5.41, 5.74) is 1.33. The second kappa shape index (κ2) is 14.0. The number of benzene rings is 1. The van der Waals surface area contributed by atoms with E-state index in [4.69, 9.17) is 9.47 Å². The summed E-state index contributed by atoms with van der Waals surface area (Å²) in [6.45, 7) is 11.5. The fourth-order valence-corrected chi connectivity index (χ4v) is 3.70. The van der Waals surface area contributed by atoms with E-state index in [1.54, 1.807) is 7.11 Å². The second-order valence-electron chi connectivity index (χ2n) is 7.76. The molecule has 1 fully saturated rings. The molecule has 0 aliphatic carbocycles. The van der Waals surface area contributed by atoms with Crippen molar-refractivity contribution < 1.29 is 9.47 Å². The lowest BCUT2D eigenvalue weighted by Gasteiger charge is -2.35. The number of methoxy groups -OCH3 is 1. The van der Waals surface area contributed by atoms with Crippen LogP contribution in [0.15, 0.2) is 29.3 Å². The van der Waals surface area contributed by atoms with Crippen molar-refractivity contribution in [3.05, 3.63) is 29.8 Å². The Morgan fingerprint density at radius 3 is 2.38 bits per heavy atom. The van der Waals surface area contributed by atoms with Crippen LogP contribution in [-0.4, -0.2) is 69.9 Å². The van der Waals surface area contributed by atoms with Crippen molar-refractivity contribution in [2.24, 2.45) is 4.99 Å². The molecule has 1 aromatic rings. The molecule has 6 nitrogen and oxygen atoms in total. The topological polar surface area (TPSA) is 58.1 Å². The largest absolute Gasteiger partial charge is 0.497 e. The van der Waals surface area contributed by atoms with Crippen LogP contribution in [0, 0.1) is 0 Å². The fraction of sp³-hybridized carbons (Fsp3) is 0.682. The van der Waals surface area contributed by atoms with Crippen molar-refractivity contribution in [1.82, 2.24) is 15.5 Å². The molecule has 1 aliphatic heterocycles. The van der Waals surface area contributed by atoms with Crippen molar-refractivity contribution >= 4 is 29.9 Å². The number of nitrogens with zero attached hydrogens (tertiary/aromatic N) is 2. The van der Waals surface area contributed by atoms with Crippen LogP contribution in [0.3, 0.4) is 0 Å². The molecular formula is C22H39IN4O2. The van der Waals surface area contributed by atoms with E-state index < -0.39 is 0 Å². The first kappa shape index (κ1) is 26.0. The van der Waals surface area contributed by atoms with Crippen LogP contribution in [0.1, 0.15) is 45.1 Å². The van der Waals surface area contributed by atoms with Crippen LogP contribution in [0.2, 0.25) is 0 Å². The summed E-state index contributed by atoms with van der Waals surface area (Å²) in [4.78, 5) is 6.83. The number of guanidine groups is 1. The molecule has 2 N–H and O–H groups in total. The molecule has 0 aromatic heterocycles. The minimum Gasteiger partial charge on any atom is -0.497 e. The van der Waals surface area contributed by atoms with Gasteiger partial charge in [0.05, 0.1) is 19.3 Å². The quantitative estimate of drug-likeness (QED) is 0.227. The van der Waals surface area contributed by atoms with Crippen LogP contribution in [0.5, 0.6) is 5.75 Å². The van der Waals surface area contributed by atoms with E-state index in [-0.39, 0.29) is 24.0 Å². The van der Waals surface area contributed by atoms with Crippen molar-refractivity contribution in [1.29, 1.82) is 0 Å². The Balaban J connectivity index is 0.00000420. The zero-order valence-electron chi connectivity index (χ0n) is 18.6. The minimum atomic E-state index is 0. The lowest BCUT2D eigenvalue weighted by molar-refractivity contribution is -0.0679. The Labute approximate surface area is 193 Å². The normalized spacial score (nSPS) is 21.2. The molecule has 2 rings (SSSR count). The Bertz CT molecular complexity index is 587. The van der Waals surface area contributed by atoms with Gasteiger partial charge in [-0.25, -0.2) is 0 Å². The number of hydrogen-bond donors (Lipinski definition) is 2. The molecule has 0 amide bonds. The number of aliphatic imine (C=N–C) groups is 1. The van der Waals surface area contributed by atoms with Crippen molar-refractivity contribution in [2.75, 3.05) is 46.9 Å². The first-order valence-corrected chi connectivity index (χ1v) is 10.5. The maximum absolute atomic E-state index is 5.79. The lowest BCUT2D eigenvalue weighted by Crippen LogP contribution is -2.46. The smallest absolute Gasteiger partial charge is 0.190 e. The van der Waals surface area contributed by atoms with Crippen LogP contribution >= 0.6 is 24.0 Å². The van der Waals surface area contributed by atoms with Gasteiger partial charge in [0.15, 0.2) is 5.96 Å². The predicted molar refractivity (Wildman–Crippen MR) is 132 cm³/mol. The maximum Gasteiger partial charge on any atom is 0.190 e. The van der Waals surface area contributed by atoms with Crippen molar-refractivity contribution in [3.8, 4) is 5.75 Å². The van der Waals surface area contributed by atoms with Gasteiger partial charge in [-0.2, -0.15) is 0 Å². The summed E-state index contributed by atoms with van der Waals surface area (Å²) in [5.74, 6) is 2.27. The molecule has 0 spiro atoms. The Kier molecular flexibility index (Phi) is 12.6. The average molecular weight is 518 g/mol. The van der Waals surface area contributed by atoms with Gasteiger partial charge < -0.3 is 20.1 Å². The SMILES string of the molecule is CN=C(NCCCN1CC(C)OC(C)C1)NCCC(C)c1ccc(OC)cc1.I. The van der Waals surface area contributed by atoms with E-state index >= 15 is 0 Å². The molecular weight excluding hydrogens is 479 g/mol. The summed E-state index contributed by atoms with van der Waals surface area (Å²) in [5, 5.41) is 6.85. The molecule has 0 radical (unpaired) electrons. The Morgan fingerprint density at radius 1 is 1.17 bits per heavy atom. The van der Waals surface area contributed by atoms with E-state index in [1.807, 2.05) is 19.2 Å². The van der Waals surface area contributed by atoms with Crippen molar-refractivity contribution in [2.45, 2.75) is 51.7 Å². The number of nitrogens with one attached hydrogen (secondary N) is 2. The minimum absolute atomic E-state index is 0. The number of rotatable bonds is 9. The van der Waals surface area contributed by atoms with Gasteiger partial charge >= 0.3 is 0 Å². The van der Waals surface area contributed by atoms with E-state index in [0.717, 1.165) is 57.3 Å². The van der Waals surface area contributed by atoms with Crippen LogP contribution in [0.25, 0.3) is 0 Å². The first-order chi connectivity index (χ1) is 13.5. The van der Waals surface area contributed by atoms with Gasteiger partial charge in [-0.05, 0) is 50.3 Å². The molecule has 3 atom stereocenters. The van der Waals surface area contributed by atoms with E-state index in [0.29, 0.717) is 18.1 Å². The first-order valence-electron chi connectivity index (χ1n) is 10.5. The zero-order chi connectivity index (χ0) is 20.4. The van der Waals surface area contributed by atoms with Gasteiger partial charge in [-0.15, -0.1) is 24.0 Å². The summed E-state index contributed by atoms with van der Waals surface area (Å²) in [6, 6.07) is 8.33. The molecule has 1 saturated heterocycles. The molecule has 7 heteroatoms. The molecule has 1 aromatic carbocycles. The summed E-state index contributed by atoms with van der Waals surface area (Å²) in [6.07, 6.45) is 2.82. The lowest BCUT2D eigenvalue weighted by atomic mass is 9.98. The highest BCUT2D eigenvalue weighted by Gasteiger charge is 2.21. The molecule has 166 valence electrons.